The zero-order valence-corrected chi connectivity index (χ0v) is 25.6. The van der Waals surface area contributed by atoms with E-state index in [-0.39, 0.29) is 0 Å². The van der Waals surface area contributed by atoms with E-state index in [1.165, 1.54) is 17.7 Å². The molecule has 0 spiro atoms. The van der Waals surface area contributed by atoms with Crippen molar-refractivity contribution in [2.75, 3.05) is 69.3 Å². The van der Waals surface area contributed by atoms with Gasteiger partial charge in [-0.05, 0) is 36.3 Å². The van der Waals surface area contributed by atoms with Crippen LogP contribution in [0.4, 0.5) is 11.5 Å². The average molecular weight is 603 g/mol. The van der Waals surface area contributed by atoms with Crippen molar-refractivity contribution in [1.29, 1.82) is 5.26 Å². The minimum Gasteiger partial charge on any atom is -0.481 e. The molecule has 9 heterocycles. The topological polar surface area (TPSA) is 101 Å². The molecule has 1 N–H and O–H groups in total. The van der Waals surface area contributed by atoms with Crippen LogP contribution in [0.5, 0.6) is 5.88 Å². The maximum Gasteiger partial charge on any atom is 0.212 e. The zero-order chi connectivity index (χ0) is 30.3. The third-order valence-electron chi connectivity index (χ3n) is 9.89. The summed E-state index contributed by atoms with van der Waals surface area (Å²) in [6.07, 6.45) is 12.2. The number of methoxy groups -OCH3 is 1. The summed E-state index contributed by atoms with van der Waals surface area (Å²) in [7, 11) is 1.65. The van der Waals surface area contributed by atoms with Crippen LogP contribution >= 0.6 is 0 Å². The molecule has 0 amide bonds. The quantitative estimate of drug-likeness (QED) is 0.340. The molecule has 11 nitrogen and oxygen atoms in total. The summed E-state index contributed by atoms with van der Waals surface area (Å²) in [5.41, 5.74) is 7.15. The lowest BCUT2D eigenvalue weighted by molar-refractivity contribution is -0.00876. The van der Waals surface area contributed by atoms with Crippen molar-refractivity contribution in [3.05, 3.63) is 78.0 Å². The number of nitrogens with zero attached hydrogens (tertiary/aromatic N) is 9. The largest absolute Gasteiger partial charge is 0.481 e. The first-order valence-electron chi connectivity index (χ1n) is 15.9. The molecular formula is C34H38N10O. The van der Waals surface area contributed by atoms with Crippen LogP contribution in [0.15, 0.2) is 66.9 Å². The fourth-order valence-electron chi connectivity index (χ4n) is 7.42. The van der Waals surface area contributed by atoms with Crippen LogP contribution in [0.25, 0.3) is 16.6 Å². The Hall–Kier alpha value is -4.66. The number of hydrogen-bond acceptors (Lipinski definition) is 10. The average Bonchev–Trinajstić information content (AvgIpc) is 3.54. The highest BCUT2D eigenvalue weighted by atomic mass is 16.5. The predicted molar refractivity (Wildman–Crippen MR) is 173 cm³/mol. The van der Waals surface area contributed by atoms with E-state index in [9.17, 15) is 5.26 Å². The Morgan fingerprint density at radius 2 is 1.84 bits per heavy atom. The van der Waals surface area contributed by atoms with Gasteiger partial charge in [0, 0.05) is 113 Å². The summed E-state index contributed by atoms with van der Waals surface area (Å²) >= 11 is 0. The van der Waals surface area contributed by atoms with Gasteiger partial charge in [0.15, 0.2) is 0 Å². The Morgan fingerprint density at radius 3 is 2.53 bits per heavy atom. The third kappa shape index (κ3) is 5.24. The van der Waals surface area contributed by atoms with Gasteiger partial charge in [-0.3, -0.25) is 4.90 Å². The second-order valence-corrected chi connectivity index (χ2v) is 12.4. The second kappa shape index (κ2) is 11.7. The number of piperidine rings is 1. The summed E-state index contributed by atoms with van der Waals surface area (Å²) < 4.78 is 7.07. The number of nitrogens with one attached hydrogen (secondary N) is 1. The number of aromatic nitrogens is 4. The number of rotatable bonds is 7. The van der Waals surface area contributed by atoms with Crippen LogP contribution in [0.2, 0.25) is 0 Å². The smallest absolute Gasteiger partial charge is 0.212 e. The van der Waals surface area contributed by atoms with Gasteiger partial charge in [0.25, 0.3) is 0 Å². The molecule has 11 heteroatoms. The fraction of sp³-hybridized carbons (Fsp3) is 0.412. The van der Waals surface area contributed by atoms with Crippen LogP contribution in [-0.2, 0) is 6.54 Å². The standard InChI is InChI=1S/C34H38N10O/c1-45-33-5-2-24(17-38-33)20-43-29-14-30(43)22-42(21-29)32-4-3-25(18-37-32)31-15-28(23-44-34(31)26(16-35)19-39-44)40-10-6-27(7-11-40)41-12-8-36-9-13-41/h2-6,15,17-19,23,29-30,36H,7-14,20-22H2,1H3. The van der Waals surface area contributed by atoms with Crippen LogP contribution in [0, 0.1) is 11.3 Å². The molecule has 0 radical (unpaired) electrons. The maximum absolute atomic E-state index is 9.88. The molecule has 5 aliphatic heterocycles. The molecule has 2 unspecified atom stereocenters. The van der Waals surface area contributed by atoms with Gasteiger partial charge in [-0.25, -0.2) is 14.5 Å². The molecule has 9 rings (SSSR count). The van der Waals surface area contributed by atoms with Crippen molar-refractivity contribution >= 4 is 17.0 Å². The number of piperazine rings is 2. The number of pyridine rings is 3. The lowest BCUT2D eigenvalue weighted by Crippen LogP contribution is -2.68. The van der Waals surface area contributed by atoms with Gasteiger partial charge in [0.2, 0.25) is 5.88 Å². The molecule has 4 fully saturated rings. The van der Waals surface area contributed by atoms with Gasteiger partial charge in [0.1, 0.15) is 11.9 Å². The van der Waals surface area contributed by atoms with Crippen molar-refractivity contribution in [1.82, 2.24) is 34.7 Å². The van der Waals surface area contributed by atoms with E-state index in [2.05, 4.69) is 77.6 Å². The minimum atomic E-state index is 0.513. The Bertz CT molecular complexity index is 1740. The lowest BCUT2D eigenvalue weighted by Gasteiger charge is -2.56. The number of ether oxygens (including phenoxy) is 1. The van der Waals surface area contributed by atoms with E-state index in [4.69, 9.17) is 9.72 Å². The van der Waals surface area contributed by atoms with Gasteiger partial charge >= 0.3 is 0 Å². The fourth-order valence-corrected chi connectivity index (χ4v) is 7.42. The molecule has 230 valence electrons. The highest BCUT2D eigenvalue weighted by Gasteiger charge is 2.44. The lowest BCUT2D eigenvalue weighted by atomic mass is 9.87. The first kappa shape index (κ1) is 27.9. The molecule has 0 saturated carbocycles. The Labute approximate surface area is 263 Å². The Balaban J connectivity index is 0.997. The number of anilines is 2. The van der Waals surface area contributed by atoms with Crippen molar-refractivity contribution in [2.45, 2.75) is 31.5 Å². The molecule has 45 heavy (non-hydrogen) atoms. The highest BCUT2D eigenvalue weighted by molar-refractivity contribution is 5.86. The molecule has 2 bridgehead atoms. The van der Waals surface area contributed by atoms with Crippen LogP contribution in [-0.4, -0.2) is 101 Å². The van der Waals surface area contributed by atoms with Gasteiger partial charge in [-0.1, -0.05) is 6.07 Å². The Kier molecular flexibility index (Phi) is 7.24. The van der Waals surface area contributed by atoms with E-state index in [1.807, 2.05) is 23.0 Å². The monoisotopic (exact) mass is 602 g/mol. The summed E-state index contributed by atoms with van der Waals surface area (Å²) in [5, 5.41) is 17.9. The first-order chi connectivity index (χ1) is 22.2. The highest BCUT2D eigenvalue weighted by Crippen LogP contribution is 2.37. The van der Waals surface area contributed by atoms with Crippen LogP contribution in [0.3, 0.4) is 0 Å². The molecule has 0 aliphatic carbocycles. The Morgan fingerprint density at radius 1 is 0.978 bits per heavy atom. The summed E-state index contributed by atoms with van der Waals surface area (Å²) in [5.74, 6) is 1.65. The molecule has 5 aliphatic rings. The summed E-state index contributed by atoms with van der Waals surface area (Å²) in [6, 6.07) is 13.9. The predicted octanol–water partition coefficient (Wildman–Crippen LogP) is 3.13. The molecule has 0 aromatic carbocycles. The molecule has 4 aromatic rings. The van der Waals surface area contributed by atoms with E-state index in [1.54, 1.807) is 13.3 Å². The van der Waals surface area contributed by atoms with Gasteiger partial charge in [-0.15, -0.1) is 0 Å². The molecule has 2 atom stereocenters. The second-order valence-electron chi connectivity index (χ2n) is 12.4. The van der Waals surface area contributed by atoms with E-state index >= 15 is 0 Å². The van der Waals surface area contributed by atoms with Crippen molar-refractivity contribution in [3.8, 4) is 23.1 Å². The number of nitriles is 1. The van der Waals surface area contributed by atoms with E-state index in [0.29, 0.717) is 23.5 Å². The van der Waals surface area contributed by atoms with Gasteiger partial charge in [0.05, 0.1) is 36.3 Å². The van der Waals surface area contributed by atoms with Crippen molar-refractivity contribution < 1.29 is 4.74 Å². The number of fused-ring (bicyclic) bond motifs is 3. The van der Waals surface area contributed by atoms with Gasteiger partial charge in [-0.2, -0.15) is 10.4 Å². The van der Waals surface area contributed by atoms with E-state index < -0.39 is 0 Å². The van der Waals surface area contributed by atoms with Crippen LogP contribution < -0.4 is 19.9 Å². The summed E-state index contributed by atoms with van der Waals surface area (Å²) in [6.45, 7) is 8.90. The van der Waals surface area contributed by atoms with Crippen molar-refractivity contribution in [3.63, 3.8) is 0 Å². The van der Waals surface area contributed by atoms with Crippen molar-refractivity contribution in [2.24, 2.45) is 0 Å². The number of hydrogen-bond donors (Lipinski definition) is 1. The normalized spacial score (nSPS) is 21.8. The molecule has 4 saturated heterocycles. The van der Waals surface area contributed by atoms with Gasteiger partial charge < -0.3 is 24.8 Å². The SMILES string of the molecule is COc1ccc(CN2C3CC2CN(c2ccc(-c4cc(N5CC=C(N6CCNCC6)CC5)cn5ncc(C#N)c45)cn2)C3)cn1. The summed E-state index contributed by atoms with van der Waals surface area (Å²) in [4.78, 5) is 19.2. The maximum atomic E-state index is 9.88. The first-order valence-corrected chi connectivity index (χ1v) is 15.9. The minimum absolute atomic E-state index is 0.513. The zero-order valence-electron chi connectivity index (χ0n) is 25.6. The third-order valence-corrected chi connectivity index (χ3v) is 9.89. The van der Waals surface area contributed by atoms with Crippen LogP contribution in [0.1, 0.15) is 24.0 Å². The molecule has 4 aromatic heterocycles. The molecular weight excluding hydrogens is 564 g/mol. The van der Waals surface area contributed by atoms with E-state index in [0.717, 1.165) is 93.5 Å².